The fourth-order valence-corrected chi connectivity index (χ4v) is 1.95. The number of benzene rings is 1. The quantitative estimate of drug-likeness (QED) is 0.605. The van der Waals surface area contributed by atoms with Gasteiger partial charge in [0.1, 0.15) is 11.2 Å². The summed E-state index contributed by atoms with van der Waals surface area (Å²) in [4.78, 5) is 4.47. The second kappa shape index (κ2) is 3.34. The molecule has 2 heterocycles. The lowest BCUT2D eigenvalue weighted by atomic mass is 10.1. The molecule has 0 radical (unpaired) electrons. The van der Waals surface area contributed by atoms with E-state index in [0.717, 1.165) is 27.6 Å². The fraction of sp³-hybridized carbons (Fsp3) is 0.214. The van der Waals surface area contributed by atoms with Gasteiger partial charge in [-0.1, -0.05) is 32.0 Å². The van der Waals surface area contributed by atoms with Crippen LogP contribution in [-0.4, -0.2) is 4.98 Å². The van der Waals surface area contributed by atoms with Crippen LogP contribution in [0.1, 0.15) is 25.5 Å². The standard InChI is InChI=1S/C14H13NO/c1-9(2)12-7-14-11(8-15-12)10-5-3-4-6-13(10)16-14/h3-9H,1-2H3. The first-order valence-corrected chi connectivity index (χ1v) is 5.53. The molecule has 0 saturated heterocycles. The van der Waals surface area contributed by atoms with Crippen LogP contribution >= 0.6 is 0 Å². The van der Waals surface area contributed by atoms with Gasteiger partial charge in [0.25, 0.3) is 0 Å². The van der Waals surface area contributed by atoms with Crippen molar-refractivity contribution < 1.29 is 4.42 Å². The lowest BCUT2D eigenvalue weighted by molar-refractivity contribution is 0.665. The zero-order chi connectivity index (χ0) is 11.1. The van der Waals surface area contributed by atoms with E-state index < -0.39 is 0 Å². The number of hydrogen-bond donors (Lipinski definition) is 0. The number of pyridine rings is 1. The Bertz CT molecular complexity index is 652. The van der Waals surface area contributed by atoms with Gasteiger partial charge in [-0.3, -0.25) is 4.98 Å². The van der Waals surface area contributed by atoms with Crippen molar-refractivity contribution in [2.45, 2.75) is 19.8 Å². The lowest BCUT2D eigenvalue weighted by Crippen LogP contribution is -1.90. The molecule has 1 aromatic carbocycles. The van der Waals surface area contributed by atoms with Gasteiger partial charge in [-0.05, 0) is 12.0 Å². The molecule has 3 aromatic rings. The maximum Gasteiger partial charge on any atom is 0.138 e. The highest BCUT2D eigenvalue weighted by Gasteiger charge is 2.08. The number of fused-ring (bicyclic) bond motifs is 3. The minimum atomic E-state index is 0.428. The van der Waals surface area contributed by atoms with Crippen LogP contribution in [0.3, 0.4) is 0 Å². The minimum Gasteiger partial charge on any atom is -0.456 e. The average Bonchev–Trinajstić information content (AvgIpc) is 2.66. The van der Waals surface area contributed by atoms with E-state index in [1.165, 1.54) is 0 Å². The molecule has 0 bridgehead atoms. The largest absolute Gasteiger partial charge is 0.456 e. The van der Waals surface area contributed by atoms with Crippen molar-refractivity contribution in [2.75, 3.05) is 0 Å². The summed E-state index contributed by atoms with van der Waals surface area (Å²) in [6.07, 6.45) is 1.91. The molecular formula is C14H13NO. The molecule has 0 fully saturated rings. The summed E-state index contributed by atoms with van der Waals surface area (Å²) in [6.45, 7) is 4.27. The maximum absolute atomic E-state index is 5.80. The molecule has 2 nitrogen and oxygen atoms in total. The third-order valence-corrected chi connectivity index (χ3v) is 2.88. The highest BCUT2D eigenvalue weighted by molar-refractivity contribution is 6.04. The first-order chi connectivity index (χ1) is 7.75. The van der Waals surface area contributed by atoms with Crippen molar-refractivity contribution in [2.24, 2.45) is 0 Å². The highest BCUT2D eigenvalue weighted by atomic mass is 16.3. The van der Waals surface area contributed by atoms with Crippen LogP contribution < -0.4 is 0 Å². The number of rotatable bonds is 1. The molecule has 0 saturated carbocycles. The normalized spacial score (nSPS) is 11.7. The number of hydrogen-bond acceptors (Lipinski definition) is 2. The second-order valence-electron chi connectivity index (χ2n) is 4.36. The highest BCUT2D eigenvalue weighted by Crippen LogP contribution is 2.29. The first-order valence-electron chi connectivity index (χ1n) is 5.53. The van der Waals surface area contributed by atoms with E-state index in [1.54, 1.807) is 0 Å². The molecule has 0 N–H and O–H groups in total. The Morgan fingerprint density at radius 3 is 2.69 bits per heavy atom. The van der Waals surface area contributed by atoms with Crippen LogP contribution in [0.25, 0.3) is 21.9 Å². The number of furan rings is 1. The van der Waals surface area contributed by atoms with Crippen molar-refractivity contribution in [1.82, 2.24) is 4.98 Å². The Morgan fingerprint density at radius 2 is 1.88 bits per heavy atom. The van der Waals surface area contributed by atoms with Gasteiger partial charge in [-0.2, -0.15) is 0 Å². The summed E-state index contributed by atoms with van der Waals surface area (Å²) in [5, 5.41) is 2.24. The number of para-hydroxylation sites is 1. The van der Waals surface area contributed by atoms with E-state index in [9.17, 15) is 0 Å². The van der Waals surface area contributed by atoms with Crippen molar-refractivity contribution >= 4 is 21.9 Å². The molecule has 0 atom stereocenters. The second-order valence-corrected chi connectivity index (χ2v) is 4.36. The van der Waals surface area contributed by atoms with Gasteiger partial charge >= 0.3 is 0 Å². The van der Waals surface area contributed by atoms with Crippen molar-refractivity contribution in [3.05, 3.63) is 42.2 Å². The predicted octanol–water partition coefficient (Wildman–Crippen LogP) is 4.10. The van der Waals surface area contributed by atoms with Crippen LogP contribution in [0.4, 0.5) is 0 Å². The van der Waals surface area contributed by atoms with Gasteiger partial charge in [-0.25, -0.2) is 0 Å². The third-order valence-electron chi connectivity index (χ3n) is 2.88. The van der Waals surface area contributed by atoms with Crippen molar-refractivity contribution in [1.29, 1.82) is 0 Å². The Balaban J connectivity index is 2.37. The van der Waals surface area contributed by atoms with Gasteiger partial charge < -0.3 is 4.42 Å². The summed E-state index contributed by atoms with van der Waals surface area (Å²) in [5.74, 6) is 0.428. The molecule has 0 aliphatic carbocycles. The molecule has 0 spiro atoms. The third kappa shape index (κ3) is 1.30. The van der Waals surface area contributed by atoms with Gasteiger partial charge in [0, 0.05) is 28.7 Å². The van der Waals surface area contributed by atoms with E-state index >= 15 is 0 Å². The van der Waals surface area contributed by atoms with Crippen molar-refractivity contribution in [3.63, 3.8) is 0 Å². The molecule has 3 rings (SSSR count). The Labute approximate surface area is 93.9 Å². The number of aromatic nitrogens is 1. The van der Waals surface area contributed by atoms with E-state index in [4.69, 9.17) is 4.42 Å². The lowest BCUT2D eigenvalue weighted by Gasteiger charge is -2.02. The van der Waals surface area contributed by atoms with Crippen LogP contribution in [0, 0.1) is 0 Å². The topological polar surface area (TPSA) is 26.0 Å². The molecule has 2 heteroatoms. The Hall–Kier alpha value is -1.83. The SMILES string of the molecule is CC(C)c1cc2oc3ccccc3c2cn1. The molecule has 0 unspecified atom stereocenters. The Morgan fingerprint density at radius 1 is 1.06 bits per heavy atom. The molecule has 2 aromatic heterocycles. The summed E-state index contributed by atoms with van der Waals surface area (Å²) in [5.41, 5.74) is 2.94. The van der Waals surface area contributed by atoms with Gasteiger partial charge in [-0.15, -0.1) is 0 Å². The van der Waals surface area contributed by atoms with Gasteiger partial charge in [0.05, 0.1) is 0 Å². The van der Waals surface area contributed by atoms with Crippen molar-refractivity contribution in [3.8, 4) is 0 Å². The molecule has 0 aliphatic rings. The zero-order valence-corrected chi connectivity index (χ0v) is 9.40. The smallest absolute Gasteiger partial charge is 0.138 e. The fourth-order valence-electron chi connectivity index (χ4n) is 1.95. The van der Waals surface area contributed by atoms with Crippen LogP contribution in [0.2, 0.25) is 0 Å². The first kappa shape index (κ1) is 9.40. The molecule has 80 valence electrons. The summed E-state index contributed by atoms with van der Waals surface area (Å²) < 4.78 is 5.80. The monoisotopic (exact) mass is 211 g/mol. The summed E-state index contributed by atoms with van der Waals surface area (Å²) >= 11 is 0. The molecule has 0 amide bonds. The molecule has 16 heavy (non-hydrogen) atoms. The molecular weight excluding hydrogens is 198 g/mol. The van der Waals surface area contributed by atoms with Gasteiger partial charge in [0.15, 0.2) is 0 Å². The van der Waals surface area contributed by atoms with E-state index in [-0.39, 0.29) is 0 Å². The predicted molar refractivity (Wildman–Crippen MR) is 65.6 cm³/mol. The van der Waals surface area contributed by atoms with Crippen LogP contribution in [0.15, 0.2) is 40.9 Å². The van der Waals surface area contributed by atoms with Crippen LogP contribution in [-0.2, 0) is 0 Å². The van der Waals surface area contributed by atoms with E-state index in [0.29, 0.717) is 5.92 Å². The average molecular weight is 211 g/mol. The minimum absolute atomic E-state index is 0.428. The zero-order valence-electron chi connectivity index (χ0n) is 9.40. The molecule has 0 aliphatic heterocycles. The number of nitrogens with zero attached hydrogens (tertiary/aromatic N) is 1. The van der Waals surface area contributed by atoms with E-state index in [1.807, 2.05) is 30.5 Å². The summed E-state index contributed by atoms with van der Waals surface area (Å²) in [6, 6.07) is 10.1. The van der Waals surface area contributed by atoms with E-state index in [2.05, 4.69) is 24.9 Å². The Kier molecular flexibility index (Phi) is 1.96. The maximum atomic E-state index is 5.80. The summed E-state index contributed by atoms with van der Waals surface area (Å²) in [7, 11) is 0. The van der Waals surface area contributed by atoms with Gasteiger partial charge in [0.2, 0.25) is 0 Å². The van der Waals surface area contributed by atoms with Crippen LogP contribution in [0.5, 0.6) is 0 Å².